The highest BCUT2D eigenvalue weighted by Gasteiger charge is 2.16. The Morgan fingerprint density at radius 2 is 1.89 bits per heavy atom. The summed E-state index contributed by atoms with van der Waals surface area (Å²) < 4.78 is 0. The fourth-order valence-electron chi connectivity index (χ4n) is 0.562. The molecule has 0 atom stereocenters. The van der Waals surface area contributed by atoms with E-state index in [0.717, 1.165) is 12.8 Å². The summed E-state index contributed by atoms with van der Waals surface area (Å²) in [5.74, 6) is 0. The van der Waals surface area contributed by atoms with Gasteiger partial charge in [0.2, 0.25) is 0 Å². The summed E-state index contributed by atoms with van der Waals surface area (Å²) in [4.78, 5) is 0. The van der Waals surface area contributed by atoms with Crippen molar-refractivity contribution >= 4 is 0 Å². The molecule has 0 bridgehead atoms. The van der Waals surface area contributed by atoms with Crippen molar-refractivity contribution < 1.29 is 0 Å². The van der Waals surface area contributed by atoms with Crippen molar-refractivity contribution in [2.45, 2.75) is 39.2 Å². The molecule has 0 aliphatic heterocycles. The summed E-state index contributed by atoms with van der Waals surface area (Å²) in [6, 6.07) is 0. The molecular formula is C7H14N2. The first-order valence-electron chi connectivity index (χ1n) is 3.34. The molecule has 0 aliphatic carbocycles. The highest BCUT2D eigenvalue weighted by atomic mass is 14.9. The summed E-state index contributed by atoms with van der Waals surface area (Å²) in [5, 5.41) is 11.1. The lowest BCUT2D eigenvalue weighted by Gasteiger charge is -2.24. The van der Waals surface area contributed by atoms with Crippen molar-refractivity contribution in [2.24, 2.45) is 0 Å². The second-order valence-electron chi connectivity index (χ2n) is 2.50. The molecule has 0 aliphatic rings. The SMILES string of the molecule is CCC(C)(CC)NC#N. The van der Waals surface area contributed by atoms with Gasteiger partial charge in [0.25, 0.3) is 0 Å². The first-order chi connectivity index (χ1) is 4.18. The molecule has 0 unspecified atom stereocenters. The maximum atomic E-state index is 8.30. The van der Waals surface area contributed by atoms with Gasteiger partial charge in [-0.25, -0.2) is 0 Å². The first-order valence-corrected chi connectivity index (χ1v) is 3.34. The molecule has 0 spiro atoms. The molecule has 0 saturated carbocycles. The highest BCUT2D eigenvalue weighted by Crippen LogP contribution is 2.11. The van der Waals surface area contributed by atoms with Crippen molar-refractivity contribution in [3.63, 3.8) is 0 Å². The van der Waals surface area contributed by atoms with E-state index in [-0.39, 0.29) is 5.54 Å². The molecular weight excluding hydrogens is 112 g/mol. The Morgan fingerprint density at radius 1 is 1.44 bits per heavy atom. The van der Waals surface area contributed by atoms with Gasteiger partial charge in [-0.2, -0.15) is 5.26 Å². The van der Waals surface area contributed by atoms with Gasteiger partial charge in [0.15, 0.2) is 6.19 Å². The molecule has 52 valence electrons. The Morgan fingerprint density at radius 3 is 2.00 bits per heavy atom. The predicted octanol–water partition coefficient (Wildman–Crippen LogP) is 1.64. The zero-order valence-corrected chi connectivity index (χ0v) is 6.36. The van der Waals surface area contributed by atoms with Crippen molar-refractivity contribution in [3.8, 4) is 6.19 Å². The van der Waals surface area contributed by atoms with Crippen LogP contribution < -0.4 is 5.32 Å². The summed E-state index contributed by atoms with van der Waals surface area (Å²) in [7, 11) is 0. The van der Waals surface area contributed by atoms with Crippen molar-refractivity contribution in [2.75, 3.05) is 0 Å². The van der Waals surface area contributed by atoms with Crippen LogP contribution in [-0.4, -0.2) is 5.54 Å². The van der Waals surface area contributed by atoms with Crippen molar-refractivity contribution in [3.05, 3.63) is 0 Å². The van der Waals surface area contributed by atoms with Gasteiger partial charge in [-0.1, -0.05) is 13.8 Å². The van der Waals surface area contributed by atoms with E-state index in [0.29, 0.717) is 0 Å². The fourth-order valence-corrected chi connectivity index (χ4v) is 0.562. The van der Waals surface area contributed by atoms with Crippen LogP contribution in [0.4, 0.5) is 0 Å². The Hall–Kier alpha value is -0.710. The topological polar surface area (TPSA) is 35.8 Å². The van der Waals surface area contributed by atoms with Gasteiger partial charge in [0, 0.05) is 5.54 Å². The minimum Gasteiger partial charge on any atom is -0.318 e. The highest BCUT2D eigenvalue weighted by molar-refractivity contribution is 4.86. The smallest absolute Gasteiger partial charge is 0.177 e. The standard InChI is InChI=1S/C7H14N2/c1-4-7(3,5-2)9-6-8/h9H,4-5H2,1-3H3. The van der Waals surface area contributed by atoms with E-state index in [9.17, 15) is 0 Å². The van der Waals surface area contributed by atoms with Crippen LogP contribution in [-0.2, 0) is 0 Å². The number of hydrogen-bond acceptors (Lipinski definition) is 2. The Balaban J connectivity index is 3.80. The number of nitrogens with one attached hydrogen (secondary N) is 1. The molecule has 1 N–H and O–H groups in total. The molecule has 2 heteroatoms. The molecule has 0 rings (SSSR count). The minimum atomic E-state index is 0.0226. The van der Waals surface area contributed by atoms with Gasteiger partial charge >= 0.3 is 0 Å². The van der Waals surface area contributed by atoms with Crippen LogP contribution >= 0.6 is 0 Å². The maximum absolute atomic E-state index is 8.30. The van der Waals surface area contributed by atoms with Crippen molar-refractivity contribution in [1.82, 2.24) is 5.32 Å². The zero-order chi connectivity index (χ0) is 7.33. The van der Waals surface area contributed by atoms with E-state index in [1.54, 1.807) is 0 Å². The molecule has 0 aromatic rings. The van der Waals surface area contributed by atoms with Gasteiger partial charge in [-0.3, -0.25) is 0 Å². The lowest BCUT2D eigenvalue weighted by atomic mass is 9.96. The molecule has 0 amide bonds. The lowest BCUT2D eigenvalue weighted by molar-refractivity contribution is 0.380. The second kappa shape index (κ2) is 3.34. The third-order valence-electron chi connectivity index (χ3n) is 1.92. The fraction of sp³-hybridized carbons (Fsp3) is 0.857. The van der Waals surface area contributed by atoms with E-state index in [2.05, 4.69) is 26.1 Å². The van der Waals surface area contributed by atoms with E-state index in [1.807, 2.05) is 6.19 Å². The molecule has 0 fully saturated rings. The van der Waals surface area contributed by atoms with E-state index in [1.165, 1.54) is 0 Å². The quantitative estimate of drug-likeness (QED) is 0.461. The van der Waals surface area contributed by atoms with Crippen LogP contribution in [0.5, 0.6) is 0 Å². The zero-order valence-electron chi connectivity index (χ0n) is 6.36. The van der Waals surface area contributed by atoms with Crippen LogP contribution in [0.15, 0.2) is 0 Å². The van der Waals surface area contributed by atoms with Crippen LogP contribution in [0, 0.1) is 11.5 Å². The van der Waals surface area contributed by atoms with E-state index in [4.69, 9.17) is 5.26 Å². The number of hydrogen-bond donors (Lipinski definition) is 1. The molecule has 0 saturated heterocycles. The first kappa shape index (κ1) is 8.29. The third-order valence-corrected chi connectivity index (χ3v) is 1.92. The Kier molecular flexibility index (Phi) is 3.08. The van der Waals surface area contributed by atoms with Crippen LogP contribution in [0.3, 0.4) is 0 Å². The lowest BCUT2D eigenvalue weighted by Crippen LogP contribution is -2.37. The van der Waals surface area contributed by atoms with Gasteiger partial charge in [-0.15, -0.1) is 0 Å². The molecule has 9 heavy (non-hydrogen) atoms. The molecule has 0 aromatic carbocycles. The summed E-state index contributed by atoms with van der Waals surface area (Å²) >= 11 is 0. The van der Waals surface area contributed by atoms with E-state index < -0.39 is 0 Å². The monoisotopic (exact) mass is 126 g/mol. The Bertz CT molecular complexity index is 109. The Labute approximate surface area is 56.9 Å². The van der Waals surface area contributed by atoms with Crippen LogP contribution in [0.1, 0.15) is 33.6 Å². The second-order valence-corrected chi connectivity index (χ2v) is 2.50. The predicted molar refractivity (Wildman–Crippen MR) is 37.7 cm³/mol. The average molecular weight is 126 g/mol. The van der Waals surface area contributed by atoms with Gasteiger partial charge in [-0.05, 0) is 19.8 Å². The summed E-state index contributed by atoms with van der Waals surface area (Å²) in [6.07, 6.45) is 3.95. The van der Waals surface area contributed by atoms with Gasteiger partial charge < -0.3 is 5.32 Å². The minimum absolute atomic E-state index is 0.0226. The number of rotatable bonds is 3. The normalized spacial score (nSPS) is 10.4. The maximum Gasteiger partial charge on any atom is 0.177 e. The van der Waals surface area contributed by atoms with Gasteiger partial charge in [0.1, 0.15) is 0 Å². The summed E-state index contributed by atoms with van der Waals surface area (Å²) in [6.45, 7) is 6.21. The van der Waals surface area contributed by atoms with Crippen LogP contribution in [0.25, 0.3) is 0 Å². The number of nitriles is 1. The van der Waals surface area contributed by atoms with Gasteiger partial charge in [0.05, 0.1) is 0 Å². The summed E-state index contributed by atoms with van der Waals surface area (Å²) in [5.41, 5.74) is 0.0226. The molecule has 0 heterocycles. The number of nitrogens with zero attached hydrogens (tertiary/aromatic N) is 1. The molecule has 2 nitrogen and oxygen atoms in total. The average Bonchev–Trinajstić information content (AvgIpc) is 1.89. The third kappa shape index (κ3) is 2.36. The van der Waals surface area contributed by atoms with E-state index >= 15 is 0 Å². The largest absolute Gasteiger partial charge is 0.318 e. The molecule has 0 aromatic heterocycles. The van der Waals surface area contributed by atoms with Crippen molar-refractivity contribution in [1.29, 1.82) is 5.26 Å². The molecule has 0 radical (unpaired) electrons. The van der Waals surface area contributed by atoms with Crippen LogP contribution in [0.2, 0.25) is 0 Å².